The summed E-state index contributed by atoms with van der Waals surface area (Å²) in [5.41, 5.74) is 4.51. The number of rotatable bonds is 5. The highest BCUT2D eigenvalue weighted by molar-refractivity contribution is 6.23. The van der Waals surface area contributed by atoms with Gasteiger partial charge in [0.2, 0.25) is 0 Å². The number of amides is 1. The van der Waals surface area contributed by atoms with E-state index in [4.69, 9.17) is 0 Å². The second-order valence-corrected chi connectivity index (χ2v) is 6.69. The Kier molecular flexibility index (Phi) is 5.87. The molecule has 0 spiro atoms. The number of carbonyl (C=O) groups is 1. The van der Waals surface area contributed by atoms with E-state index in [1.165, 1.54) is 9.69 Å². The molecular weight excluding hydrogens is 366 g/mol. The molecule has 148 valence electrons. The Labute approximate surface area is 169 Å². The van der Waals surface area contributed by atoms with Gasteiger partial charge in [0.15, 0.2) is 0 Å². The highest BCUT2D eigenvalue weighted by Crippen LogP contribution is 2.17. The zero-order chi connectivity index (χ0) is 21.0. The minimum absolute atomic E-state index is 0.0727. The molecule has 3 heterocycles. The molecule has 0 unspecified atom stereocenters. The van der Waals surface area contributed by atoms with Gasteiger partial charge in [-0.25, -0.2) is 5.01 Å². The third kappa shape index (κ3) is 4.40. The summed E-state index contributed by atoms with van der Waals surface area (Å²) in [6, 6.07) is 3.80. The molecule has 7 heteroatoms. The van der Waals surface area contributed by atoms with Gasteiger partial charge >= 0.3 is 0 Å². The summed E-state index contributed by atoms with van der Waals surface area (Å²) in [5.74, 6) is -0.125. The molecule has 1 aliphatic rings. The van der Waals surface area contributed by atoms with E-state index in [1.54, 1.807) is 38.6 Å². The lowest BCUT2D eigenvalue weighted by Gasteiger charge is -2.01. The van der Waals surface area contributed by atoms with E-state index in [1.807, 2.05) is 50.3 Å². The SMILES string of the molecule is CC1=NN(C)C(=O)\C1=C/C=C/C(=C/C=C/c1c(C)[nH]n(C)c1=O)c1ccncc1. The van der Waals surface area contributed by atoms with Gasteiger partial charge in [0.25, 0.3) is 11.5 Å². The number of aromatic nitrogens is 3. The molecule has 0 saturated carbocycles. The van der Waals surface area contributed by atoms with E-state index in [2.05, 4.69) is 15.2 Å². The largest absolute Gasteiger partial charge is 0.300 e. The molecule has 0 aromatic carbocycles. The topological polar surface area (TPSA) is 83.4 Å². The van der Waals surface area contributed by atoms with Crippen LogP contribution in [0.4, 0.5) is 0 Å². The van der Waals surface area contributed by atoms with Crippen LogP contribution in [-0.2, 0) is 11.8 Å². The average Bonchev–Trinajstić information content (AvgIpc) is 3.09. The Bertz CT molecular complexity index is 1130. The quantitative estimate of drug-likeness (QED) is 0.630. The number of aromatic amines is 1. The van der Waals surface area contributed by atoms with Crippen LogP contribution in [0.15, 0.2) is 70.4 Å². The zero-order valence-corrected chi connectivity index (χ0v) is 16.9. The number of likely N-dealkylation sites (N-methyl/N-ethyl adjacent to an activating group) is 1. The number of allylic oxidation sites excluding steroid dienone is 6. The van der Waals surface area contributed by atoms with Gasteiger partial charge < -0.3 is 0 Å². The van der Waals surface area contributed by atoms with Crippen LogP contribution in [-0.4, -0.2) is 38.4 Å². The molecule has 0 radical (unpaired) electrons. The third-order valence-electron chi connectivity index (χ3n) is 4.58. The van der Waals surface area contributed by atoms with Gasteiger partial charge in [0, 0.05) is 32.2 Å². The van der Waals surface area contributed by atoms with Crippen molar-refractivity contribution in [2.45, 2.75) is 13.8 Å². The molecule has 0 saturated heterocycles. The second kappa shape index (κ2) is 8.52. The number of nitrogens with zero attached hydrogens (tertiary/aromatic N) is 4. The van der Waals surface area contributed by atoms with Crippen LogP contribution >= 0.6 is 0 Å². The maximum Gasteiger partial charge on any atom is 0.275 e. The molecule has 0 aliphatic carbocycles. The van der Waals surface area contributed by atoms with E-state index < -0.39 is 0 Å². The lowest BCUT2D eigenvalue weighted by Crippen LogP contribution is -2.16. The van der Waals surface area contributed by atoms with E-state index in [-0.39, 0.29) is 11.5 Å². The molecule has 3 rings (SSSR count). The summed E-state index contributed by atoms with van der Waals surface area (Å²) in [6.07, 6.45) is 14.5. The molecule has 0 atom stereocenters. The van der Waals surface area contributed by atoms with Gasteiger partial charge in [-0.3, -0.25) is 24.4 Å². The molecule has 1 amide bonds. The molecule has 0 bridgehead atoms. The molecule has 0 fully saturated rings. The number of hydrogen-bond donors (Lipinski definition) is 1. The smallest absolute Gasteiger partial charge is 0.275 e. The van der Waals surface area contributed by atoms with E-state index >= 15 is 0 Å². The number of aryl methyl sites for hydroxylation is 2. The fourth-order valence-electron chi connectivity index (χ4n) is 3.03. The Morgan fingerprint density at radius 2 is 1.83 bits per heavy atom. The molecule has 2 aromatic rings. The van der Waals surface area contributed by atoms with Gasteiger partial charge in [-0.2, -0.15) is 5.10 Å². The summed E-state index contributed by atoms with van der Waals surface area (Å²) in [5, 5.41) is 8.45. The first-order valence-electron chi connectivity index (χ1n) is 9.15. The molecule has 1 N–H and O–H groups in total. The fourth-order valence-corrected chi connectivity index (χ4v) is 3.03. The van der Waals surface area contributed by atoms with Crippen LogP contribution in [0.1, 0.15) is 23.7 Å². The maximum absolute atomic E-state index is 12.1. The number of hydrazone groups is 1. The minimum atomic E-state index is -0.125. The Morgan fingerprint density at radius 1 is 1.10 bits per heavy atom. The van der Waals surface area contributed by atoms with E-state index in [9.17, 15) is 9.59 Å². The van der Waals surface area contributed by atoms with Crippen molar-refractivity contribution in [1.82, 2.24) is 19.8 Å². The van der Waals surface area contributed by atoms with Crippen molar-refractivity contribution in [3.8, 4) is 0 Å². The number of carbonyl (C=O) groups excluding carboxylic acids is 1. The van der Waals surface area contributed by atoms with Crippen LogP contribution in [0.5, 0.6) is 0 Å². The number of pyridine rings is 1. The highest BCUT2D eigenvalue weighted by atomic mass is 16.2. The Balaban J connectivity index is 1.91. The third-order valence-corrected chi connectivity index (χ3v) is 4.58. The number of nitrogens with one attached hydrogen (secondary N) is 1. The fraction of sp³-hybridized carbons (Fsp3) is 0.182. The minimum Gasteiger partial charge on any atom is -0.300 e. The maximum atomic E-state index is 12.1. The van der Waals surface area contributed by atoms with Gasteiger partial charge in [-0.1, -0.05) is 24.3 Å². The van der Waals surface area contributed by atoms with Crippen LogP contribution in [0.2, 0.25) is 0 Å². The Hall–Kier alpha value is -3.74. The molecule has 2 aromatic heterocycles. The number of H-pyrrole nitrogens is 1. The molecular formula is C22H23N5O2. The van der Waals surface area contributed by atoms with Gasteiger partial charge in [-0.05, 0) is 49.3 Å². The predicted octanol–water partition coefficient (Wildman–Crippen LogP) is 2.84. The monoisotopic (exact) mass is 389 g/mol. The molecule has 1 aliphatic heterocycles. The standard InChI is InChI=1S/C22H23N5O2/c1-15-19(21(28)26(3)24-15)9-5-7-17(18-11-13-23-14-12-18)8-6-10-20-16(2)25-27(4)22(20)29/h5-14,24H,1-4H3/b8-6+,9-5+,17-7-,20-10-. The normalized spacial score (nSPS) is 16.6. The van der Waals surface area contributed by atoms with Crippen LogP contribution < -0.4 is 5.56 Å². The first kappa shape index (κ1) is 20.0. The van der Waals surface area contributed by atoms with Gasteiger partial charge in [-0.15, -0.1) is 0 Å². The van der Waals surface area contributed by atoms with Gasteiger partial charge in [0.1, 0.15) is 0 Å². The molecule has 7 nitrogen and oxygen atoms in total. The second-order valence-electron chi connectivity index (χ2n) is 6.69. The van der Waals surface area contributed by atoms with Crippen LogP contribution in [0, 0.1) is 6.92 Å². The summed E-state index contributed by atoms with van der Waals surface area (Å²) in [4.78, 5) is 28.3. The lowest BCUT2D eigenvalue weighted by molar-refractivity contribution is -0.124. The Morgan fingerprint density at radius 3 is 2.41 bits per heavy atom. The van der Waals surface area contributed by atoms with Crippen molar-refractivity contribution in [3.05, 3.63) is 87.7 Å². The van der Waals surface area contributed by atoms with Crippen molar-refractivity contribution in [1.29, 1.82) is 0 Å². The van der Waals surface area contributed by atoms with Gasteiger partial charge in [0.05, 0.1) is 16.8 Å². The van der Waals surface area contributed by atoms with Crippen molar-refractivity contribution in [2.75, 3.05) is 7.05 Å². The van der Waals surface area contributed by atoms with E-state index in [0.717, 1.165) is 16.8 Å². The number of hydrogen-bond acceptors (Lipinski definition) is 4. The van der Waals surface area contributed by atoms with E-state index in [0.29, 0.717) is 16.8 Å². The summed E-state index contributed by atoms with van der Waals surface area (Å²) < 4.78 is 1.45. The van der Waals surface area contributed by atoms with Crippen molar-refractivity contribution >= 4 is 23.3 Å². The summed E-state index contributed by atoms with van der Waals surface area (Å²) >= 11 is 0. The average molecular weight is 389 g/mol. The predicted molar refractivity (Wildman–Crippen MR) is 115 cm³/mol. The van der Waals surface area contributed by atoms with Crippen molar-refractivity contribution in [3.63, 3.8) is 0 Å². The first-order valence-corrected chi connectivity index (χ1v) is 9.15. The summed E-state index contributed by atoms with van der Waals surface area (Å²) in [6.45, 7) is 3.67. The highest BCUT2D eigenvalue weighted by Gasteiger charge is 2.23. The van der Waals surface area contributed by atoms with Crippen molar-refractivity contribution < 1.29 is 4.79 Å². The lowest BCUT2D eigenvalue weighted by atomic mass is 10.1. The van der Waals surface area contributed by atoms with Crippen LogP contribution in [0.3, 0.4) is 0 Å². The van der Waals surface area contributed by atoms with Crippen molar-refractivity contribution in [2.24, 2.45) is 12.1 Å². The summed E-state index contributed by atoms with van der Waals surface area (Å²) in [7, 11) is 3.32. The zero-order valence-electron chi connectivity index (χ0n) is 16.9. The first-order chi connectivity index (χ1) is 13.9. The van der Waals surface area contributed by atoms with Crippen LogP contribution in [0.25, 0.3) is 11.6 Å². The molecule has 29 heavy (non-hydrogen) atoms.